The molecule has 2 heterocycles. The number of benzene rings is 2. The summed E-state index contributed by atoms with van der Waals surface area (Å²) in [5.74, 6) is 0.657. The molecule has 2 aromatic heterocycles. The van der Waals surface area contributed by atoms with Crippen molar-refractivity contribution in [2.75, 3.05) is 14.3 Å². The Hall–Kier alpha value is -3.75. The molecule has 2 aromatic carbocycles. The summed E-state index contributed by atoms with van der Waals surface area (Å²) in [4.78, 5) is 4.19. The molecule has 32 heavy (non-hydrogen) atoms. The van der Waals surface area contributed by atoms with Crippen LogP contribution in [-0.2, 0) is 6.18 Å². The van der Waals surface area contributed by atoms with Gasteiger partial charge in [-0.05, 0) is 48.4 Å². The molecule has 0 saturated carbocycles. The number of pyridine rings is 1. The van der Waals surface area contributed by atoms with Crippen molar-refractivity contribution in [2.24, 2.45) is 0 Å². The molecule has 9 heteroatoms. The van der Waals surface area contributed by atoms with Gasteiger partial charge in [-0.3, -0.25) is 9.37 Å². The van der Waals surface area contributed by atoms with Gasteiger partial charge in [0, 0.05) is 29.1 Å². The molecule has 5 nitrogen and oxygen atoms in total. The highest BCUT2D eigenvalue weighted by molar-refractivity contribution is 5.89. The molecule has 0 atom stereocenters. The topological polar surface area (TPSA) is 63.7 Å². The highest BCUT2D eigenvalue weighted by atomic mass is 19.4. The van der Waals surface area contributed by atoms with Crippen molar-refractivity contribution in [3.05, 3.63) is 72.1 Å². The maximum atomic E-state index is 13.3. The summed E-state index contributed by atoms with van der Waals surface area (Å²) in [6.07, 6.45) is -1.20. The fourth-order valence-corrected chi connectivity index (χ4v) is 3.39. The number of nitrogens with zero attached hydrogens (tertiary/aromatic N) is 3. The first kappa shape index (κ1) is 22.9. The Kier molecular flexibility index (Phi) is 6.87. The van der Waals surface area contributed by atoms with Gasteiger partial charge in [-0.2, -0.15) is 28.6 Å². The molecule has 0 amide bonds. The van der Waals surface area contributed by atoms with Crippen molar-refractivity contribution in [1.29, 1.82) is 0 Å². The molecule has 4 aromatic rings. The van der Waals surface area contributed by atoms with Gasteiger partial charge in [-0.25, -0.2) is 0 Å². The van der Waals surface area contributed by atoms with Crippen LogP contribution >= 0.6 is 0 Å². The number of aryl methyl sites for hydroxylation is 1. The van der Waals surface area contributed by atoms with Crippen LogP contribution in [0.15, 0.2) is 60.9 Å². The number of ether oxygens (including phenoxy) is 1. The first-order valence-corrected chi connectivity index (χ1v) is 9.44. The summed E-state index contributed by atoms with van der Waals surface area (Å²) < 4.78 is 54.9. The molecule has 0 saturated heterocycles. The van der Waals surface area contributed by atoms with Crippen molar-refractivity contribution in [3.63, 3.8) is 0 Å². The van der Waals surface area contributed by atoms with Crippen LogP contribution in [0.4, 0.5) is 17.6 Å². The second kappa shape index (κ2) is 9.59. The normalized spacial score (nSPS) is 11.0. The summed E-state index contributed by atoms with van der Waals surface area (Å²) in [6, 6.07) is 13.1. The van der Waals surface area contributed by atoms with E-state index in [-0.39, 0.29) is 0 Å². The third-order valence-corrected chi connectivity index (χ3v) is 4.70. The first-order chi connectivity index (χ1) is 15.4. The number of rotatable bonds is 4. The van der Waals surface area contributed by atoms with E-state index in [1.807, 2.05) is 30.3 Å². The summed E-state index contributed by atoms with van der Waals surface area (Å²) in [7, 11) is 2.08. The molecule has 0 aliphatic carbocycles. The molecule has 0 aliphatic heterocycles. The van der Waals surface area contributed by atoms with Crippen LogP contribution in [0.1, 0.15) is 11.1 Å². The number of nitrogens with one attached hydrogen (secondary N) is 1. The molecule has 166 valence electrons. The molecule has 1 N–H and O–H groups in total. The minimum absolute atomic E-state index is 0.313. The molecule has 0 aliphatic rings. The number of H-pyrrole nitrogens is 1. The van der Waals surface area contributed by atoms with Crippen molar-refractivity contribution in [2.45, 2.75) is 13.1 Å². The quantitative estimate of drug-likeness (QED) is 0.385. The number of halogens is 4. The zero-order chi connectivity index (χ0) is 23.3. The van der Waals surface area contributed by atoms with Gasteiger partial charge in [0.1, 0.15) is 17.1 Å². The van der Waals surface area contributed by atoms with Crippen LogP contribution in [0.2, 0.25) is 0 Å². The number of aromatic amines is 1. The van der Waals surface area contributed by atoms with E-state index >= 15 is 0 Å². The number of para-hydroxylation sites is 1. The van der Waals surface area contributed by atoms with Crippen molar-refractivity contribution in [1.82, 2.24) is 20.4 Å². The fourth-order valence-electron chi connectivity index (χ4n) is 3.39. The number of hydrogen-bond acceptors (Lipinski definition) is 4. The smallest absolute Gasteiger partial charge is 0.416 e. The van der Waals surface area contributed by atoms with Crippen molar-refractivity contribution in [3.8, 4) is 39.4 Å². The molecule has 0 bridgehead atoms. The predicted octanol–water partition coefficient (Wildman–Crippen LogP) is 6.12. The van der Waals surface area contributed by atoms with Gasteiger partial charge in [0.05, 0.1) is 19.9 Å². The van der Waals surface area contributed by atoms with Crippen LogP contribution in [0.5, 0.6) is 5.75 Å². The van der Waals surface area contributed by atoms with Gasteiger partial charge in [0.2, 0.25) is 0 Å². The molecule has 0 radical (unpaired) electrons. The lowest BCUT2D eigenvalue weighted by molar-refractivity contribution is -0.137. The highest BCUT2D eigenvalue weighted by Crippen LogP contribution is 2.40. The Morgan fingerprint density at radius 3 is 2.31 bits per heavy atom. The van der Waals surface area contributed by atoms with Gasteiger partial charge >= 0.3 is 6.18 Å². The van der Waals surface area contributed by atoms with E-state index in [0.717, 1.165) is 23.3 Å². The van der Waals surface area contributed by atoms with E-state index < -0.39 is 11.7 Å². The minimum atomic E-state index is -4.46. The summed E-state index contributed by atoms with van der Waals surface area (Å²) in [6.45, 7) is 1.61. The van der Waals surface area contributed by atoms with E-state index in [1.165, 1.54) is 0 Å². The lowest BCUT2D eigenvalue weighted by atomic mass is 9.95. The average Bonchev–Trinajstić information content (AvgIpc) is 3.29. The Morgan fingerprint density at radius 2 is 1.59 bits per heavy atom. The number of alkyl halides is 4. The number of methoxy groups -OCH3 is 1. The van der Waals surface area contributed by atoms with Gasteiger partial charge in [-0.1, -0.05) is 18.2 Å². The maximum absolute atomic E-state index is 13.3. The fraction of sp³-hybridized carbons (Fsp3) is 0.174. The van der Waals surface area contributed by atoms with Gasteiger partial charge < -0.3 is 4.74 Å². The Labute approximate surface area is 182 Å². The molecular formula is C23H20F4N4O. The van der Waals surface area contributed by atoms with E-state index in [4.69, 9.17) is 4.74 Å². The van der Waals surface area contributed by atoms with Crippen molar-refractivity contribution < 1.29 is 22.3 Å². The average molecular weight is 444 g/mol. The Balaban J connectivity index is 0.00000141. The maximum Gasteiger partial charge on any atom is 0.416 e. The van der Waals surface area contributed by atoms with Gasteiger partial charge in [-0.15, -0.1) is 0 Å². The van der Waals surface area contributed by atoms with Crippen LogP contribution in [0.25, 0.3) is 33.6 Å². The first-order valence-electron chi connectivity index (χ1n) is 9.44. The predicted molar refractivity (Wildman–Crippen MR) is 114 cm³/mol. The van der Waals surface area contributed by atoms with Crippen LogP contribution in [-0.4, -0.2) is 34.7 Å². The molecular weight excluding hydrogens is 424 g/mol. The third kappa shape index (κ3) is 4.61. The molecule has 0 fully saturated rings. The third-order valence-electron chi connectivity index (χ3n) is 4.70. The zero-order valence-electron chi connectivity index (χ0n) is 17.5. The van der Waals surface area contributed by atoms with E-state index in [0.29, 0.717) is 41.0 Å². The van der Waals surface area contributed by atoms with Crippen molar-refractivity contribution >= 4 is 0 Å². The van der Waals surface area contributed by atoms with Gasteiger partial charge in [0.15, 0.2) is 0 Å². The van der Waals surface area contributed by atoms with E-state index in [9.17, 15) is 17.6 Å². The lowest BCUT2D eigenvalue weighted by Crippen LogP contribution is -2.05. The molecule has 0 spiro atoms. The van der Waals surface area contributed by atoms with Gasteiger partial charge in [0.25, 0.3) is 0 Å². The Morgan fingerprint density at radius 1 is 0.875 bits per heavy atom. The Bertz CT molecular complexity index is 1200. The number of hydrogen-bond donors (Lipinski definition) is 1. The largest absolute Gasteiger partial charge is 0.496 e. The standard InChI is InChI=1S/C22H17F3N4O.CH3F/c1-13-9-14(11-15(10-13)22(23,24)25)20-21(28-29-27-20)18-12-26-8-7-16(18)17-5-3-4-6-19(17)30-2;1-2/h3-12H,1-2H3,(H,27,28,29);1H3. The highest BCUT2D eigenvalue weighted by Gasteiger charge is 2.31. The monoisotopic (exact) mass is 444 g/mol. The second-order valence-corrected chi connectivity index (χ2v) is 6.73. The lowest BCUT2D eigenvalue weighted by Gasteiger charge is -2.13. The molecule has 4 rings (SSSR count). The zero-order valence-corrected chi connectivity index (χ0v) is 17.5. The number of aromatic nitrogens is 4. The second-order valence-electron chi connectivity index (χ2n) is 6.73. The summed E-state index contributed by atoms with van der Waals surface area (Å²) in [5.41, 5.74) is 3.00. The van der Waals surface area contributed by atoms with E-state index in [1.54, 1.807) is 32.5 Å². The summed E-state index contributed by atoms with van der Waals surface area (Å²) in [5, 5.41) is 10.9. The van der Waals surface area contributed by atoms with Crippen LogP contribution in [0.3, 0.4) is 0 Å². The van der Waals surface area contributed by atoms with Crippen LogP contribution in [0, 0.1) is 6.92 Å². The van der Waals surface area contributed by atoms with E-state index in [2.05, 4.69) is 20.4 Å². The summed E-state index contributed by atoms with van der Waals surface area (Å²) >= 11 is 0. The minimum Gasteiger partial charge on any atom is -0.496 e. The SMILES string of the molecule is CF.COc1ccccc1-c1ccncc1-c1n[nH]nc1-c1cc(C)cc(C(F)(F)F)c1. The van der Waals surface area contributed by atoms with Crippen LogP contribution < -0.4 is 4.74 Å². The molecule has 0 unspecified atom stereocenters.